The van der Waals surface area contributed by atoms with Crippen LogP contribution >= 0.6 is 0 Å². The molecule has 2 heterocycles. The maximum Gasteiger partial charge on any atom is 0.332 e. The average molecular weight is 376 g/mol. The van der Waals surface area contributed by atoms with E-state index in [0.29, 0.717) is 37.7 Å². The van der Waals surface area contributed by atoms with Gasteiger partial charge in [-0.3, -0.25) is 18.7 Å². The summed E-state index contributed by atoms with van der Waals surface area (Å²) >= 11 is 0. The van der Waals surface area contributed by atoms with Crippen molar-refractivity contribution in [3.05, 3.63) is 57.0 Å². The molecule has 1 aromatic carbocycles. The maximum atomic E-state index is 12.9. The predicted molar refractivity (Wildman–Crippen MR) is 97.6 cm³/mol. The van der Waals surface area contributed by atoms with Crippen molar-refractivity contribution in [3.8, 4) is 5.75 Å². The molecule has 9 heteroatoms. The molecule has 8 nitrogen and oxygen atoms in total. The van der Waals surface area contributed by atoms with Crippen LogP contribution in [-0.4, -0.2) is 52.7 Å². The predicted octanol–water partition coefficient (Wildman–Crippen LogP) is -0.0493. The number of ether oxygens (including phenoxy) is 1. The van der Waals surface area contributed by atoms with E-state index >= 15 is 0 Å². The highest BCUT2D eigenvalue weighted by atomic mass is 19.1. The number of benzene rings is 1. The molecule has 0 saturated carbocycles. The van der Waals surface area contributed by atoms with Gasteiger partial charge in [0, 0.05) is 46.3 Å². The van der Waals surface area contributed by atoms with Crippen molar-refractivity contribution in [1.82, 2.24) is 14.0 Å². The first-order chi connectivity index (χ1) is 12.9. The van der Waals surface area contributed by atoms with Crippen molar-refractivity contribution in [1.29, 1.82) is 0 Å². The first-order valence-corrected chi connectivity index (χ1v) is 8.55. The Hall–Kier alpha value is -3.10. The van der Waals surface area contributed by atoms with E-state index in [1.54, 1.807) is 11.9 Å². The molecule has 1 saturated heterocycles. The van der Waals surface area contributed by atoms with E-state index < -0.39 is 0 Å². The Morgan fingerprint density at radius 1 is 1.04 bits per heavy atom. The van der Waals surface area contributed by atoms with Crippen molar-refractivity contribution >= 4 is 11.7 Å². The van der Waals surface area contributed by atoms with Crippen LogP contribution in [0.1, 0.15) is 0 Å². The Bertz CT molecular complexity index is 943. The first kappa shape index (κ1) is 18.7. The lowest BCUT2D eigenvalue weighted by Gasteiger charge is -2.36. The lowest BCUT2D eigenvalue weighted by molar-refractivity contribution is -0.133. The number of aromatic nitrogens is 2. The lowest BCUT2D eigenvalue weighted by Crippen LogP contribution is -2.51. The number of anilines is 1. The van der Waals surface area contributed by atoms with E-state index in [1.807, 2.05) is 4.90 Å². The van der Waals surface area contributed by atoms with Crippen LogP contribution in [-0.2, 0) is 18.9 Å². The van der Waals surface area contributed by atoms with Crippen molar-refractivity contribution in [2.75, 3.05) is 37.7 Å². The number of carbonyl (C=O) groups is 1. The standard InChI is InChI=1S/C18H21FN4O4/c1-20-15(11-16(24)21(2)18(20)26)22-7-9-23(10-8-22)17(25)12-27-14-5-3-13(19)4-6-14/h3-6,11H,7-10,12H2,1-2H3. The molecule has 1 fully saturated rings. The Morgan fingerprint density at radius 2 is 1.67 bits per heavy atom. The highest BCUT2D eigenvalue weighted by molar-refractivity contribution is 5.78. The number of nitrogens with zero attached hydrogens (tertiary/aromatic N) is 4. The molecule has 1 amide bonds. The summed E-state index contributed by atoms with van der Waals surface area (Å²) in [6.07, 6.45) is 0. The van der Waals surface area contributed by atoms with Crippen LogP contribution in [0.5, 0.6) is 5.75 Å². The van der Waals surface area contributed by atoms with Gasteiger partial charge in [-0.2, -0.15) is 0 Å². The molecule has 0 bridgehead atoms. The average Bonchev–Trinajstić information content (AvgIpc) is 2.68. The van der Waals surface area contributed by atoms with Gasteiger partial charge < -0.3 is 14.5 Å². The fourth-order valence-electron chi connectivity index (χ4n) is 2.98. The molecule has 0 aliphatic carbocycles. The molecule has 144 valence electrons. The molecule has 0 N–H and O–H groups in total. The second-order valence-corrected chi connectivity index (χ2v) is 6.35. The number of amides is 1. The van der Waals surface area contributed by atoms with Gasteiger partial charge in [-0.25, -0.2) is 9.18 Å². The summed E-state index contributed by atoms with van der Waals surface area (Å²) in [5, 5.41) is 0. The SMILES string of the molecule is Cn1c(N2CCN(C(=O)COc3ccc(F)cc3)CC2)cc(=O)n(C)c1=O. The lowest BCUT2D eigenvalue weighted by atomic mass is 10.3. The van der Waals surface area contributed by atoms with Gasteiger partial charge in [-0.15, -0.1) is 0 Å². The first-order valence-electron chi connectivity index (χ1n) is 8.55. The normalized spacial score (nSPS) is 14.3. The summed E-state index contributed by atoms with van der Waals surface area (Å²) in [6.45, 7) is 1.78. The molecule has 3 rings (SSSR count). The van der Waals surface area contributed by atoms with E-state index in [1.165, 1.54) is 41.9 Å². The zero-order valence-electron chi connectivity index (χ0n) is 15.2. The smallest absolute Gasteiger partial charge is 0.332 e. The van der Waals surface area contributed by atoms with E-state index in [4.69, 9.17) is 4.74 Å². The van der Waals surface area contributed by atoms with Gasteiger partial charge in [0.2, 0.25) is 0 Å². The van der Waals surface area contributed by atoms with Crippen LogP contribution in [0.25, 0.3) is 0 Å². The monoisotopic (exact) mass is 376 g/mol. The Labute approximate surface area is 155 Å². The van der Waals surface area contributed by atoms with Crippen molar-refractivity contribution < 1.29 is 13.9 Å². The zero-order valence-corrected chi connectivity index (χ0v) is 15.2. The number of rotatable bonds is 4. The summed E-state index contributed by atoms with van der Waals surface area (Å²) in [6, 6.07) is 6.91. The van der Waals surface area contributed by atoms with E-state index in [2.05, 4.69) is 0 Å². The van der Waals surface area contributed by atoms with Gasteiger partial charge in [0.1, 0.15) is 17.4 Å². The molecule has 0 unspecified atom stereocenters. The van der Waals surface area contributed by atoms with Gasteiger partial charge in [0.05, 0.1) is 0 Å². The van der Waals surface area contributed by atoms with E-state index in [0.717, 1.165) is 4.57 Å². The van der Waals surface area contributed by atoms with Gasteiger partial charge in [0.25, 0.3) is 11.5 Å². The van der Waals surface area contributed by atoms with Crippen LogP contribution in [0.3, 0.4) is 0 Å². The minimum absolute atomic E-state index is 0.129. The minimum Gasteiger partial charge on any atom is -0.484 e. The van der Waals surface area contributed by atoms with Crippen molar-refractivity contribution in [2.24, 2.45) is 14.1 Å². The minimum atomic E-state index is -0.385. The van der Waals surface area contributed by atoms with E-state index in [9.17, 15) is 18.8 Å². The Morgan fingerprint density at radius 3 is 2.30 bits per heavy atom. The largest absolute Gasteiger partial charge is 0.484 e. The topological polar surface area (TPSA) is 76.8 Å². The number of carbonyl (C=O) groups excluding carboxylic acids is 1. The van der Waals surface area contributed by atoms with Crippen LogP contribution in [0.2, 0.25) is 0 Å². The molecule has 0 radical (unpaired) electrons. The maximum absolute atomic E-state index is 12.9. The number of piperazine rings is 1. The number of hydrogen-bond acceptors (Lipinski definition) is 5. The van der Waals surface area contributed by atoms with Crippen LogP contribution in [0.4, 0.5) is 10.2 Å². The van der Waals surface area contributed by atoms with Gasteiger partial charge in [0.15, 0.2) is 6.61 Å². The van der Waals surface area contributed by atoms with Crippen molar-refractivity contribution in [3.63, 3.8) is 0 Å². The summed E-state index contributed by atoms with van der Waals surface area (Å²) in [5.41, 5.74) is -0.747. The summed E-state index contributed by atoms with van der Waals surface area (Å²) in [4.78, 5) is 39.8. The molecule has 1 aliphatic rings. The van der Waals surface area contributed by atoms with Gasteiger partial charge >= 0.3 is 5.69 Å². The fourth-order valence-corrected chi connectivity index (χ4v) is 2.98. The van der Waals surface area contributed by atoms with Crippen molar-refractivity contribution in [2.45, 2.75) is 0 Å². The summed E-state index contributed by atoms with van der Waals surface area (Å²) < 4.78 is 20.7. The fraction of sp³-hybridized carbons (Fsp3) is 0.389. The zero-order chi connectivity index (χ0) is 19.6. The molecule has 0 spiro atoms. The van der Waals surface area contributed by atoms with Crippen LogP contribution in [0.15, 0.2) is 39.9 Å². The number of hydrogen-bond donors (Lipinski definition) is 0. The highest BCUT2D eigenvalue weighted by Gasteiger charge is 2.23. The Balaban J connectivity index is 1.59. The molecular formula is C18H21FN4O4. The molecular weight excluding hydrogens is 355 g/mol. The second kappa shape index (κ2) is 7.65. The third-order valence-electron chi connectivity index (χ3n) is 4.63. The third-order valence-corrected chi connectivity index (χ3v) is 4.63. The summed E-state index contributed by atoms with van der Waals surface area (Å²) in [7, 11) is 3.05. The highest BCUT2D eigenvalue weighted by Crippen LogP contribution is 2.14. The molecule has 1 aromatic heterocycles. The van der Waals surface area contributed by atoms with Gasteiger partial charge in [-0.1, -0.05) is 0 Å². The molecule has 1 aliphatic heterocycles. The Kier molecular flexibility index (Phi) is 5.29. The van der Waals surface area contributed by atoms with Crippen LogP contribution in [0, 0.1) is 5.82 Å². The van der Waals surface area contributed by atoms with Gasteiger partial charge in [-0.05, 0) is 24.3 Å². The van der Waals surface area contributed by atoms with Crippen LogP contribution < -0.4 is 20.9 Å². The quantitative estimate of drug-likeness (QED) is 0.748. The summed E-state index contributed by atoms with van der Waals surface area (Å²) in [5.74, 6) is 0.433. The molecule has 2 aromatic rings. The third kappa shape index (κ3) is 4.02. The van der Waals surface area contributed by atoms with E-state index in [-0.39, 0.29) is 29.6 Å². The second-order valence-electron chi connectivity index (χ2n) is 6.35. The number of halogens is 1. The molecule has 0 atom stereocenters. The molecule has 27 heavy (non-hydrogen) atoms.